The Morgan fingerprint density at radius 3 is 2.79 bits per heavy atom. The molecule has 3 rings (SSSR count). The van der Waals surface area contributed by atoms with Gasteiger partial charge >= 0.3 is 0 Å². The van der Waals surface area contributed by atoms with Gasteiger partial charge in [-0.05, 0) is 23.7 Å². The van der Waals surface area contributed by atoms with Crippen LogP contribution >= 0.6 is 23.1 Å². The van der Waals surface area contributed by atoms with Crippen molar-refractivity contribution in [3.05, 3.63) is 35.2 Å². The van der Waals surface area contributed by atoms with E-state index in [2.05, 4.69) is 29.9 Å². The first kappa shape index (κ1) is 21.8. The highest BCUT2D eigenvalue weighted by molar-refractivity contribution is 8.12. The summed E-state index contributed by atoms with van der Waals surface area (Å²) in [6, 6.07) is 4.22. The molecule has 1 unspecified atom stereocenters. The number of hydrogen-bond donors (Lipinski definition) is 0. The molecule has 0 spiro atoms. The highest BCUT2D eigenvalue weighted by atomic mass is 32.3. The molecule has 0 amide bonds. The maximum absolute atomic E-state index is 12.3. The number of nitrogens with zero attached hydrogens (tertiary/aromatic N) is 5. The van der Waals surface area contributed by atoms with E-state index in [0.717, 1.165) is 47.0 Å². The second-order valence-electron chi connectivity index (χ2n) is 6.42. The SMILES string of the molecule is CCCC[S+]([O-])CSc1nc(-c2nccs2)cc(-c2cnc(CC)n2C)c1C#N. The van der Waals surface area contributed by atoms with Crippen LogP contribution in [-0.4, -0.2) is 34.9 Å². The largest absolute Gasteiger partial charge is 0.616 e. The van der Waals surface area contributed by atoms with E-state index in [1.165, 1.54) is 23.1 Å². The van der Waals surface area contributed by atoms with Crippen LogP contribution in [0.25, 0.3) is 22.0 Å². The van der Waals surface area contributed by atoms with Crippen LogP contribution in [0.3, 0.4) is 0 Å². The average Bonchev–Trinajstić information content (AvgIpc) is 3.39. The molecular formula is C20H23N5OS3. The molecule has 3 aromatic heterocycles. The fourth-order valence-corrected chi connectivity index (χ4v) is 6.02. The van der Waals surface area contributed by atoms with E-state index < -0.39 is 11.2 Å². The summed E-state index contributed by atoms with van der Waals surface area (Å²) in [5.41, 5.74) is 2.86. The average molecular weight is 446 g/mol. The van der Waals surface area contributed by atoms with Gasteiger partial charge in [0, 0.05) is 30.6 Å². The molecule has 152 valence electrons. The van der Waals surface area contributed by atoms with E-state index in [0.29, 0.717) is 21.4 Å². The number of pyridine rings is 1. The van der Waals surface area contributed by atoms with Crippen LogP contribution in [0.1, 0.15) is 38.1 Å². The van der Waals surface area contributed by atoms with E-state index >= 15 is 0 Å². The number of aromatic nitrogens is 4. The van der Waals surface area contributed by atoms with Crippen molar-refractivity contribution in [2.24, 2.45) is 7.05 Å². The quantitative estimate of drug-likeness (QED) is 0.352. The van der Waals surface area contributed by atoms with E-state index in [1.54, 1.807) is 12.4 Å². The number of thioether (sulfide) groups is 1. The molecule has 1 atom stereocenters. The van der Waals surface area contributed by atoms with E-state index in [1.807, 2.05) is 23.1 Å². The van der Waals surface area contributed by atoms with E-state index in [4.69, 9.17) is 4.98 Å². The number of nitriles is 1. The molecule has 0 aliphatic carbocycles. The van der Waals surface area contributed by atoms with Gasteiger partial charge in [-0.15, -0.1) is 11.3 Å². The summed E-state index contributed by atoms with van der Waals surface area (Å²) in [6.07, 6.45) is 6.30. The van der Waals surface area contributed by atoms with Crippen LogP contribution in [0.2, 0.25) is 0 Å². The number of aryl methyl sites for hydroxylation is 1. The van der Waals surface area contributed by atoms with Gasteiger partial charge in [0.2, 0.25) is 0 Å². The topological polar surface area (TPSA) is 90.4 Å². The number of hydrogen-bond acceptors (Lipinski definition) is 7. The lowest BCUT2D eigenvalue weighted by molar-refractivity contribution is 0.596. The fourth-order valence-electron chi connectivity index (χ4n) is 2.91. The zero-order chi connectivity index (χ0) is 20.8. The van der Waals surface area contributed by atoms with Crippen molar-refractivity contribution in [1.29, 1.82) is 5.26 Å². The second-order valence-corrected chi connectivity index (χ2v) is 10.2. The number of imidazole rings is 1. The van der Waals surface area contributed by atoms with E-state index in [-0.39, 0.29) is 0 Å². The molecule has 0 saturated carbocycles. The monoisotopic (exact) mass is 445 g/mol. The van der Waals surface area contributed by atoms with Crippen molar-refractivity contribution >= 4 is 34.3 Å². The summed E-state index contributed by atoms with van der Waals surface area (Å²) in [5, 5.41) is 13.6. The third-order valence-corrected chi connectivity index (χ3v) is 8.11. The zero-order valence-electron chi connectivity index (χ0n) is 16.7. The summed E-state index contributed by atoms with van der Waals surface area (Å²) in [6.45, 7) is 4.14. The van der Waals surface area contributed by atoms with Gasteiger partial charge in [-0.1, -0.05) is 32.0 Å². The molecule has 9 heteroatoms. The molecule has 0 N–H and O–H groups in total. The second kappa shape index (κ2) is 10.3. The van der Waals surface area contributed by atoms with E-state index in [9.17, 15) is 9.81 Å². The van der Waals surface area contributed by atoms with Crippen molar-refractivity contribution in [1.82, 2.24) is 19.5 Å². The van der Waals surface area contributed by atoms with Crippen molar-refractivity contribution in [3.8, 4) is 28.0 Å². The van der Waals surface area contributed by atoms with Gasteiger partial charge in [0.05, 0.1) is 17.5 Å². The van der Waals surface area contributed by atoms with Gasteiger partial charge in [0.1, 0.15) is 33.4 Å². The van der Waals surface area contributed by atoms with Crippen LogP contribution < -0.4 is 0 Å². The Balaban J connectivity index is 2.05. The minimum absolute atomic E-state index is 0.425. The summed E-state index contributed by atoms with van der Waals surface area (Å²) in [4.78, 5) is 13.6. The Kier molecular flexibility index (Phi) is 7.72. The Morgan fingerprint density at radius 2 is 2.17 bits per heavy atom. The van der Waals surface area contributed by atoms with Gasteiger partial charge in [0.15, 0.2) is 5.08 Å². The third kappa shape index (κ3) is 5.01. The maximum atomic E-state index is 12.3. The highest BCUT2D eigenvalue weighted by Crippen LogP contribution is 2.35. The van der Waals surface area contributed by atoms with Crippen LogP contribution in [0.15, 0.2) is 28.9 Å². The molecule has 0 saturated heterocycles. The molecule has 6 nitrogen and oxygen atoms in total. The van der Waals surface area contributed by atoms with Crippen molar-refractivity contribution in [2.75, 3.05) is 10.8 Å². The molecule has 0 aliphatic rings. The first-order chi connectivity index (χ1) is 14.1. The van der Waals surface area contributed by atoms with Crippen molar-refractivity contribution in [3.63, 3.8) is 0 Å². The molecule has 3 heterocycles. The molecule has 0 aliphatic heterocycles. The summed E-state index contributed by atoms with van der Waals surface area (Å²) < 4.78 is 14.3. The first-order valence-corrected chi connectivity index (χ1v) is 12.8. The minimum atomic E-state index is -0.944. The molecule has 0 aromatic carbocycles. The lowest BCUT2D eigenvalue weighted by Gasteiger charge is -2.13. The maximum Gasteiger partial charge on any atom is 0.156 e. The summed E-state index contributed by atoms with van der Waals surface area (Å²) >= 11 is 1.94. The van der Waals surface area contributed by atoms with Crippen LogP contribution in [-0.2, 0) is 24.6 Å². The van der Waals surface area contributed by atoms with Crippen LogP contribution in [0.5, 0.6) is 0 Å². The Bertz CT molecular complexity index is 994. The van der Waals surface area contributed by atoms with Gasteiger partial charge < -0.3 is 9.12 Å². The number of thiazole rings is 1. The first-order valence-electron chi connectivity index (χ1n) is 9.42. The van der Waals surface area contributed by atoms with Gasteiger partial charge in [-0.2, -0.15) is 5.26 Å². The molecule has 29 heavy (non-hydrogen) atoms. The van der Waals surface area contributed by atoms with Gasteiger partial charge in [-0.25, -0.2) is 15.0 Å². The van der Waals surface area contributed by atoms with Crippen molar-refractivity contribution < 1.29 is 4.55 Å². The lowest BCUT2D eigenvalue weighted by Crippen LogP contribution is -2.09. The highest BCUT2D eigenvalue weighted by Gasteiger charge is 2.21. The van der Waals surface area contributed by atoms with Gasteiger partial charge in [0.25, 0.3) is 0 Å². The van der Waals surface area contributed by atoms with Crippen LogP contribution in [0.4, 0.5) is 0 Å². The normalized spacial score (nSPS) is 12.1. The smallest absolute Gasteiger partial charge is 0.156 e. The Labute approximate surface area is 182 Å². The summed E-state index contributed by atoms with van der Waals surface area (Å²) in [5.74, 6) is 1.62. The Hall–Kier alpha value is -1.86. The fraction of sp³-hybridized carbons (Fsp3) is 0.400. The van der Waals surface area contributed by atoms with Crippen molar-refractivity contribution in [2.45, 2.75) is 38.1 Å². The zero-order valence-corrected chi connectivity index (χ0v) is 19.2. The Morgan fingerprint density at radius 1 is 1.34 bits per heavy atom. The molecule has 0 fully saturated rings. The minimum Gasteiger partial charge on any atom is -0.616 e. The molecule has 0 radical (unpaired) electrons. The van der Waals surface area contributed by atoms with Crippen LogP contribution in [0, 0.1) is 11.3 Å². The molecule has 3 aromatic rings. The summed E-state index contributed by atoms with van der Waals surface area (Å²) in [7, 11) is 1.96. The number of rotatable bonds is 9. The molecule has 0 bridgehead atoms. The predicted molar refractivity (Wildman–Crippen MR) is 120 cm³/mol. The third-order valence-electron chi connectivity index (χ3n) is 4.48. The standard InChI is InChI=1S/C20H23N5OS3/c1-4-6-9-29(26)13-28-19-15(11-21)14(17-12-23-18(5-2)25(17)3)10-16(24-19)20-22-7-8-27-20/h7-8,10,12H,4-6,9,13H2,1-3H3. The van der Waals surface area contributed by atoms with Gasteiger partial charge in [-0.3, -0.25) is 0 Å². The lowest BCUT2D eigenvalue weighted by atomic mass is 10.1. The predicted octanol–water partition coefficient (Wildman–Crippen LogP) is 4.64. The molecular weight excluding hydrogens is 422 g/mol. The number of unbranched alkanes of at least 4 members (excludes halogenated alkanes) is 1.